The third-order valence-electron chi connectivity index (χ3n) is 3.46. The average Bonchev–Trinajstić information content (AvgIpc) is 2.42. The van der Waals surface area contributed by atoms with E-state index in [4.69, 9.17) is 23.2 Å². The fourth-order valence-corrected chi connectivity index (χ4v) is 2.72. The molecule has 124 valence electrons. The van der Waals surface area contributed by atoms with Gasteiger partial charge in [0.15, 0.2) is 0 Å². The fourth-order valence-electron chi connectivity index (χ4n) is 2.19. The number of carbonyl (C=O) groups excluding carboxylic acids is 3. The normalized spacial score (nSPS) is 17.0. The molecule has 0 bridgehead atoms. The Kier molecular flexibility index (Phi) is 5.16. The van der Waals surface area contributed by atoms with Gasteiger partial charge in [0.1, 0.15) is 0 Å². The third-order valence-corrected chi connectivity index (χ3v) is 3.90. The molecule has 0 saturated carbocycles. The van der Waals surface area contributed by atoms with Gasteiger partial charge in [0.25, 0.3) is 0 Å². The second-order valence-corrected chi connectivity index (χ2v) is 6.83. The number of hydrogen-bond acceptors (Lipinski definition) is 3. The van der Waals surface area contributed by atoms with Crippen LogP contribution in [0.5, 0.6) is 0 Å². The van der Waals surface area contributed by atoms with Gasteiger partial charge in [-0.25, -0.2) is 4.79 Å². The van der Waals surface area contributed by atoms with E-state index in [1.54, 1.807) is 32.0 Å². The van der Waals surface area contributed by atoms with E-state index < -0.39 is 11.4 Å². The number of amides is 4. The molecule has 8 heteroatoms. The Hall–Kier alpha value is -1.79. The number of anilines is 1. The topological polar surface area (TPSA) is 78.5 Å². The van der Waals surface area contributed by atoms with E-state index in [9.17, 15) is 14.4 Å². The molecule has 0 radical (unpaired) electrons. The summed E-state index contributed by atoms with van der Waals surface area (Å²) in [6, 6.07) is 4.20. The summed E-state index contributed by atoms with van der Waals surface area (Å²) >= 11 is 11.7. The summed E-state index contributed by atoms with van der Waals surface area (Å²) in [7, 11) is 0. The van der Waals surface area contributed by atoms with Gasteiger partial charge < -0.3 is 10.6 Å². The molecule has 0 unspecified atom stereocenters. The maximum atomic E-state index is 12.2. The molecule has 1 aromatic rings. The lowest BCUT2D eigenvalue weighted by atomic mass is 9.90. The van der Waals surface area contributed by atoms with Crippen LogP contribution in [0.3, 0.4) is 0 Å². The second kappa shape index (κ2) is 6.76. The van der Waals surface area contributed by atoms with Crippen molar-refractivity contribution in [1.29, 1.82) is 0 Å². The first-order valence-corrected chi connectivity index (χ1v) is 7.80. The van der Waals surface area contributed by atoms with E-state index in [-0.39, 0.29) is 31.3 Å². The largest absolute Gasteiger partial charge is 0.337 e. The van der Waals surface area contributed by atoms with Gasteiger partial charge in [0, 0.05) is 35.2 Å². The predicted molar refractivity (Wildman–Crippen MR) is 88.6 cm³/mol. The number of carbonyl (C=O) groups is 3. The zero-order valence-electron chi connectivity index (χ0n) is 12.8. The molecule has 1 aliphatic rings. The number of benzene rings is 1. The molecule has 0 atom stereocenters. The lowest BCUT2D eigenvalue weighted by Crippen LogP contribution is -2.59. The monoisotopic (exact) mass is 357 g/mol. The van der Waals surface area contributed by atoms with Crippen molar-refractivity contribution in [2.75, 3.05) is 18.4 Å². The molecular formula is C15H17Cl2N3O3. The summed E-state index contributed by atoms with van der Waals surface area (Å²) in [6.45, 7) is 3.79. The van der Waals surface area contributed by atoms with Gasteiger partial charge in [0.2, 0.25) is 11.8 Å². The van der Waals surface area contributed by atoms with Crippen molar-refractivity contribution in [2.24, 2.45) is 5.41 Å². The highest BCUT2D eigenvalue weighted by atomic mass is 35.5. The first kappa shape index (κ1) is 17.6. The van der Waals surface area contributed by atoms with E-state index in [1.165, 1.54) is 0 Å². The molecule has 1 fully saturated rings. The molecule has 0 spiro atoms. The van der Waals surface area contributed by atoms with Crippen LogP contribution in [-0.4, -0.2) is 35.8 Å². The van der Waals surface area contributed by atoms with Gasteiger partial charge in [-0.15, -0.1) is 0 Å². The molecule has 4 amide bonds. The number of rotatable bonds is 4. The summed E-state index contributed by atoms with van der Waals surface area (Å²) < 4.78 is 0. The zero-order chi connectivity index (χ0) is 17.2. The Bertz CT molecular complexity index is 641. The van der Waals surface area contributed by atoms with E-state index in [0.29, 0.717) is 15.7 Å². The number of imide groups is 1. The van der Waals surface area contributed by atoms with Crippen molar-refractivity contribution in [3.05, 3.63) is 28.2 Å². The Morgan fingerprint density at radius 2 is 1.87 bits per heavy atom. The van der Waals surface area contributed by atoms with Crippen LogP contribution < -0.4 is 10.6 Å². The lowest BCUT2D eigenvalue weighted by molar-refractivity contribution is -0.138. The van der Waals surface area contributed by atoms with Crippen molar-refractivity contribution in [3.8, 4) is 0 Å². The SMILES string of the molecule is CC1(C)CNC(=O)N(CCC(=O)Nc2cc(Cl)cc(Cl)c2)C1=O. The molecule has 1 aromatic carbocycles. The molecule has 0 aromatic heterocycles. The molecule has 2 N–H and O–H groups in total. The standard InChI is InChI=1S/C15H17Cl2N3O3/c1-15(2)8-18-14(23)20(13(15)22)4-3-12(21)19-11-6-9(16)5-10(17)7-11/h5-7H,3-4,8H2,1-2H3,(H,18,23)(H,19,21). The van der Waals surface area contributed by atoms with E-state index in [1.807, 2.05) is 0 Å². The Balaban J connectivity index is 1.95. The van der Waals surface area contributed by atoms with Crippen LogP contribution >= 0.6 is 23.2 Å². The van der Waals surface area contributed by atoms with Crippen LogP contribution in [-0.2, 0) is 9.59 Å². The van der Waals surface area contributed by atoms with Gasteiger partial charge in [-0.3, -0.25) is 14.5 Å². The van der Waals surface area contributed by atoms with Gasteiger partial charge in [0.05, 0.1) is 5.41 Å². The molecule has 1 saturated heterocycles. The zero-order valence-corrected chi connectivity index (χ0v) is 14.3. The Morgan fingerprint density at radius 1 is 1.26 bits per heavy atom. The minimum Gasteiger partial charge on any atom is -0.337 e. The fraction of sp³-hybridized carbons (Fsp3) is 0.400. The summed E-state index contributed by atoms with van der Waals surface area (Å²) in [4.78, 5) is 37.0. The van der Waals surface area contributed by atoms with Crippen LogP contribution in [0.2, 0.25) is 10.0 Å². The van der Waals surface area contributed by atoms with Gasteiger partial charge in [-0.05, 0) is 32.0 Å². The number of urea groups is 1. The van der Waals surface area contributed by atoms with E-state index in [2.05, 4.69) is 10.6 Å². The van der Waals surface area contributed by atoms with Gasteiger partial charge in [-0.2, -0.15) is 0 Å². The number of halogens is 2. The van der Waals surface area contributed by atoms with Crippen LogP contribution in [0.25, 0.3) is 0 Å². The van der Waals surface area contributed by atoms with Crippen LogP contribution in [0.4, 0.5) is 10.5 Å². The molecule has 1 heterocycles. The molecule has 0 aliphatic carbocycles. The van der Waals surface area contributed by atoms with Crippen LogP contribution in [0, 0.1) is 5.41 Å². The first-order chi connectivity index (χ1) is 10.7. The van der Waals surface area contributed by atoms with Gasteiger partial charge in [-0.1, -0.05) is 23.2 Å². The molecule has 6 nitrogen and oxygen atoms in total. The van der Waals surface area contributed by atoms with Crippen molar-refractivity contribution >= 4 is 46.7 Å². The van der Waals surface area contributed by atoms with Crippen molar-refractivity contribution in [1.82, 2.24) is 10.2 Å². The number of hydrogen-bond donors (Lipinski definition) is 2. The van der Waals surface area contributed by atoms with E-state index >= 15 is 0 Å². The smallest absolute Gasteiger partial charge is 0.324 e. The first-order valence-electron chi connectivity index (χ1n) is 7.05. The summed E-state index contributed by atoms with van der Waals surface area (Å²) in [5, 5.41) is 6.08. The maximum Gasteiger partial charge on any atom is 0.324 e. The third kappa shape index (κ3) is 4.36. The summed E-state index contributed by atoms with van der Waals surface area (Å²) in [5.41, 5.74) is -0.215. The molecular weight excluding hydrogens is 341 g/mol. The number of nitrogens with one attached hydrogen (secondary N) is 2. The molecule has 1 aliphatic heterocycles. The summed E-state index contributed by atoms with van der Waals surface area (Å²) in [6.07, 6.45) is -0.0145. The van der Waals surface area contributed by atoms with Crippen molar-refractivity contribution in [2.45, 2.75) is 20.3 Å². The van der Waals surface area contributed by atoms with Gasteiger partial charge >= 0.3 is 6.03 Å². The van der Waals surface area contributed by atoms with Crippen LogP contribution in [0.1, 0.15) is 20.3 Å². The molecule has 23 heavy (non-hydrogen) atoms. The van der Waals surface area contributed by atoms with E-state index in [0.717, 1.165) is 4.90 Å². The minimum atomic E-state index is -0.676. The maximum absolute atomic E-state index is 12.2. The second-order valence-electron chi connectivity index (χ2n) is 5.96. The quantitative estimate of drug-likeness (QED) is 0.869. The predicted octanol–water partition coefficient (Wildman–Crippen LogP) is 2.90. The highest BCUT2D eigenvalue weighted by molar-refractivity contribution is 6.35. The highest BCUT2D eigenvalue weighted by Crippen LogP contribution is 2.23. The summed E-state index contributed by atoms with van der Waals surface area (Å²) in [5.74, 6) is -0.632. The Labute approximate surface area is 144 Å². The van der Waals surface area contributed by atoms with Crippen LogP contribution in [0.15, 0.2) is 18.2 Å². The van der Waals surface area contributed by atoms with Crippen molar-refractivity contribution < 1.29 is 14.4 Å². The Morgan fingerprint density at radius 3 is 2.48 bits per heavy atom. The highest BCUT2D eigenvalue weighted by Gasteiger charge is 2.39. The average molecular weight is 358 g/mol. The lowest BCUT2D eigenvalue weighted by Gasteiger charge is -2.36. The number of nitrogens with zero attached hydrogens (tertiary/aromatic N) is 1. The molecule has 2 rings (SSSR count). The van der Waals surface area contributed by atoms with Crippen molar-refractivity contribution in [3.63, 3.8) is 0 Å². The minimum absolute atomic E-state index is 0.00816.